The third-order valence-electron chi connectivity index (χ3n) is 3.15. The van der Waals surface area contributed by atoms with Crippen LogP contribution in [0.5, 0.6) is 0 Å². The average molecular weight is 245 g/mol. The van der Waals surface area contributed by atoms with Crippen molar-refractivity contribution in [1.29, 1.82) is 0 Å². The van der Waals surface area contributed by atoms with Crippen LogP contribution in [0, 0.1) is 0 Å². The molecule has 1 heterocycles. The number of benzene rings is 1. The molecule has 3 N–H and O–H groups in total. The van der Waals surface area contributed by atoms with Crippen LogP contribution in [0.15, 0.2) is 24.3 Å². The van der Waals surface area contributed by atoms with E-state index >= 15 is 0 Å². The van der Waals surface area contributed by atoms with E-state index in [1.165, 1.54) is 16.6 Å². The molecular weight excluding hydrogens is 222 g/mol. The minimum absolute atomic E-state index is 0.438. The van der Waals surface area contributed by atoms with Gasteiger partial charge in [-0.15, -0.1) is 0 Å². The molecule has 2 rings (SSSR count). The molecule has 0 saturated heterocycles. The van der Waals surface area contributed by atoms with Gasteiger partial charge >= 0.3 is 0 Å². The molecule has 3 nitrogen and oxygen atoms in total. The van der Waals surface area contributed by atoms with E-state index in [-0.39, 0.29) is 0 Å². The Morgan fingerprint density at radius 3 is 2.50 bits per heavy atom. The van der Waals surface area contributed by atoms with E-state index in [0.717, 1.165) is 12.2 Å². The summed E-state index contributed by atoms with van der Waals surface area (Å²) >= 11 is 0. The van der Waals surface area contributed by atoms with Crippen molar-refractivity contribution in [3.63, 3.8) is 0 Å². The number of aromatic nitrogens is 1. The first-order valence-electron chi connectivity index (χ1n) is 6.61. The lowest BCUT2D eigenvalue weighted by molar-refractivity contribution is 0.534. The predicted molar refractivity (Wildman–Crippen MR) is 78.7 cm³/mol. The summed E-state index contributed by atoms with van der Waals surface area (Å²) < 4.78 is 2.36. The van der Waals surface area contributed by atoms with Gasteiger partial charge in [-0.2, -0.15) is 0 Å². The molecule has 0 aliphatic rings. The van der Waals surface area contributed by atoms with Gasteiger partial charge in [-0.3, -0.25) is 0 Å². The highest BCUT2D eigenvalue weighted by Crippen LogP contribution is 2.26. The Morgan fingerprint density at radius 1 is 1.17 bits per heavy atom. The molecule has 0 amide bonds. The van der Waals surface area contributed by atoms with Crippen LogP contribution in [0.4, 0.5) is 5.69 Å². The second-order valence-corrected chi connectivity index (χ2v) is 5.45. The van der Waals surface area contributed by atoms with E-state index in [4.69, 9.17) is 5.73 Å². The van der Waals surface area contributed by atoms with Gasteiger partial charge in [0.25, 0.3) is 0 Å². The topological polar surface area (TPSA) is 43.0 Å². The highest BCUT2D eigenvalue weighted by Gasteiger charge is 2.11. The zero-order chi connectivity index (χ0) is 13.3. The third-order valence-corrected chi connectivity index (χ3v) is 3.15. The molecule has 18 heavy (non-hydrogen) atoms. The number of rotatable bonds is 4. The maximum Gasteiger partial charge on any atom is 0.0506 e. The van der Waals surface area contributed by atoms with Crippen molar-refractivity contribution in [2.24, 2.45) is 0 Å². The molecular formula is C15H23N3. The summed E-state index contributed by atoms with van der Waals surface area (Å²) in [7, 11) is 0. The second kappa shape index (κ2) is 5.02. The van der Waals surface area contributed by atoms with Gasteiger partial charge in [0.1, 0.15) is 0 Å². The number of fused-ring (bicyclic) bond motifs is 1. The monoisotopic (exact) mass is 245 g/mol. The Balaban J connectivity index is 2.48. The fourth-order valence-corrected chi connectivity index (χ4v) is 2.35. The van der Waals surface area contributed by atoms with Crippen LogP contribution >= 0.6 is 0 Å². The molecule has 1 aromatic heterocycles. The normalized spacial score (nSPS) is 11.9. The van der Waals surface area contributed by atoms with E-state index in [9.17, 15) is 0 Å². The summed E-state index contributed by atoms with van der Waals surface area (Å²) in [6.07, 6.45) is 0. The minimum atomic E-state index is 0.438. The van der Waals surface area contributed by atoms with Crippen molar-refractivity contribution in [2.75, 3.05) is 5.73 Å². The summed E-state index contributed by atoms with van der Waals surface area (Å²) in [5, 5.41) is 4.74. The number of anilines is 1. The van der Waals surface area contributed by atoms with Crippen molar-refractivity contribution in [1.82, 2.24) is 9.88 Å². The molecule has 0 unspecified atom stereocenters. The van der Waals surface area contributed by atoms with Crippen molar-refractivity contribution in [2.45, 2.75) is 46.3 Å². The van der Waals surface area contributed by atoms with Gasteiger partial charge in [0.2, 0.25) is 0 Å². The standard InChI is InChI=1S/C15H23N3/c1-10(2)17-9-14-7-12-5-6-13(16)8-15(12)18(14)11(3)4/h5-8,10-11,17H,9,16H2,1-4H3. The van der Waals surface area contributed by atoms with Gasteiger partial charge in [0, 0.05) is 35.4 Å². The van der Waals surface area contributed by atoms with Crippen LogP contribution < -0.4 is 11.1 Å². The Bertz CT molecular complexity index is 538. The maximum atomic E-state index is 5.90. The molecule has 0 radical (unpaired) electrons. The van der Waals surface area contributed by atoms with Crippen molar-refractivity contribution >= 4 is 16.6 Å². The molecule has 3 heteroatoms. The summed E-state index contributed by atoms with van der Waals surface area (Å²) in [5.41, 5.74) is 9.27. The Labute approximate surface area is 109 Å². The quantitative estimate of drug-likeness (QED) is 0.812. The highest BCUT2D eigenvalue weighted by atomic mass is 15.0. The third kappa shape index (κ3) is 2.51. The van der Waals surface area contributed by atoms with Crippen molar-refractivity contribution in [3.8, 4) is 0 Å². The largest absolute Gasteiger partial charge is 0.399 e. The summed E-state index contributed by atoms with van der Waals surface area (Å²) in [6, 6.07) is 9.31. The Hall–Kier alpha value is -1.48. The molecule has 98 valence electrons. The van der Waals surface area contributed by atoms with E-state index in [2.05, 4.69) is 55.8 Å². The number of nitrogen functional groups attached to an aromatic ring is 1. The first kappa shape index (κ1) is 13.0. The van der Waals surface area contributed by atoms with Gasteiger partial charge in [-0.1, -0.05) is 19.9 Å². The first-order valence-corrected chi connectivity index (χ1v) is 6.61. The van der Waals surface area contributed by atoms with Gasteiger partial charge in [-0.25, -0.2) is 0 Å². The lowest BCUT2D eigenvalue weighted by Gasteiger charge is -2.16. The molecule has 0 fully saturated rings. The van der Waals surface area contributed by atoms with Crippen LogP contribution in [0.3, 0.4) is 0 Å². The molecule has 0 aliphatic carbocycles. The Kier molecular flexibility index (Phi) is 3.62. The van der Waals surface area contributed by atoms with E-state index in [0.29, 0.717) is 12.1 Å². The van der Waals surface area contributed by atoms with Crippen LogP contribution in [0.25, 0.3) is 10.9 Å². The van der Waals surface area contributed by atoms with Gasteiger partial charge in [0.15, 0.2) is 0 Å². The molecule has 0 saturated carbocycles. The summed E-state index contributed by atoms with van der Waals surface area (Å²) in [5.74, 6) is 0. The number of nitrogens with zero attached hydrogens (tertiary/aromatic N) is 1. The lowest BCUT2D eigenvalue weighted by atomic mass is 10.2. The Morgan fingerprint density at radius 2 is 1.89 bits per heavy atom. The van der Waals surface area contributed by atoms with Crippen LogP contribution in [0.2, 0.25) is 0 Å². The van der Waals surface area contributed by atoms with E-state index in [1.807, 2.05) is 6.07 Å². The fourth-order valence-electron chi connectivity index (χ4n) is 2.35. The number of hydrogen-bond acceptors (Lipinski definition) is 2. The van der Waals surface area contributed by atoms with Crippen molar-refractivity contribution in [3.05, 3.63) is 30.0 Å². The van der Waals surface area contributed by atoms with Crippen LogP contribution in [0.1, 0.15) is 39.4 Å². The van der Waals surface area contributed by atoms with Crippen LogP contribution in [-0.4, -0.2) is 10.6 Å². The summed E-state index contributed by atoms with van der Waals surface area (Å²) in [4.78, 5) is 0. The van der Waals surface area contributed by atoms with Crippen molar-refractivity contribution < 1.29 is 0 Å². The fraction of sp³-hybridized carbons (Fsp3) is 0.467. The average Bonchev–Trinajstić information content (AvgIpc) is 2.63. The molecule has 0 atom stereocenters. The molecule has 0 aliphatic heterocycles. The van der Waals surface area contributed by atoms with Gasteiger partial charge < -0.3 is 15.6 Å². The first-order chi connectivity index (χ1) is 8.49. The SMILES string of the molecule is CC(C)NCc1cc2ccc(N)cc2n1C(C)C. The number of hydrogen-bond donors (Lipinski definition) is 2. The number of nitrogens with two attached hydrogens (primary N) is 1. The molecule has 0 bridgehead atoms. The molecule has 0 spiro atoms. The molecule has 2 aromatic rings. The van der Waals surface area contributed by atoms with E-state index < -0.39 is 0 Å². The minimum Gasteiger partial charge on any atom is -0.399 e. The zero-order valence-corrected chi connectivity index (χ0v) is 11.7. The summed E-state index contributed by atoms with van der Waals surface area (Å²) in [6.45, 7) is 9.65. The van der Waals surface area contributed by atoms with Gasteiger partial charge in [-0.05, 0) is 32.0 Å². The lowest BCUT2D eigenvalue weighted by Crippen LogP contribution is -2.23. The molecule has 1 aromatic carbocycles. The van der Waals surface area contributed by atoms with E-state index in [1.54, 1.807) is 0 Å². The maximum absolute atomic E-state index is 5.90. The smallest absolute Gasteiger partial charge is 0.0506 e. The second-order valence-electron chi connectivity index (χ2n) is 5.45. The highest BCUT2D eigenvalue weighted by molar-refractivity contribution is 5.84. The number of nitrogens with one attached hydrogen (secondary N) is 1. The van der Waals surface area contributed by atoms with Gasteiger partial charge in [0.05, 0.1) is 5.52 Å². The van der Waals surface area contributed by atoms with Crippen LogP contribution in [-0.2, 0) is 6.54 Å². The predicted octanol–water partition coefficient (Wildman–Crippen LogP) is 3.30. The zero-order valence-electron chi connectivity index (χ0n) is 11.7.